The highest BCUT2D eigenvalue weighted by Crippen LogP contribution is 2.30. The van der Waals surface area contributed by atoms with Gasteiger partial charge in [0.25, 0.3) is 5.69 Å². The van der Waals surface area contributed by atoms with Crippen LogP contribution in [0, 0.1) is 10.1 Å². The van der Waals surface area contributed by atoms with Crippen LogP contribution in [0.25, 0.3) is 11.3 Å². The van der Waals surface area contributed by atoms with Crippen molar-refractivity contribution in [3.63, 3.8) is 0 Å². The first kappa shape index (κ1) is 15.9. The van der Waals surface area contributed by atoms with Crippen LogP contribution in [0.2, 0.25) is 0 Å². The second-order valence-electron chi connectivity index (χ2n) is 4.85. The zero-order valence-electron chi connectivity index (χ0n) is 12.3. The monoisotopic (exact) mass is 385 g/mol. The summed E-state index contributed by atoms with van der Waals surface area (Å²) in [7, 11) is 0. The number of benzene rings is 2. The second kappa shape index (κ2) is 7.10. The average molecular weight is 386 g/mol. The number of anilines is 1. The molecule has 0 atom stereocenters. The second-order valence-corrected chi connectivity index (χ2v) is 5.77. The van der Waals surface area contributed by atoms with Crippen LogP contribution in [-0.2, 0) is 0 Å². The van der Waals surface area contributed by atoms with Crippen LogP contribution in [0.15, 0.2) is 74.7 Å². The first-order chi connectivity index (χ1) is 11.6. The van der Waals surface area contributed by atoms with E-state index in [1.54, 1.807) is 30.3 Å². The average Bonchev–Trinajstić information content (AvgIpc) is 3.05. The molecule has 0 aliphatic carbocycles. The molecular weight excluding hydrogens is 374 g/mol. The number of furan rings is 1. The summed E-state index contributed by atoms with van der Waals surface area (Å²) in [6.45, 7) is 0. The fourth-order valence-electron chi connectivity index (χ4n) is 2.10. The van der Waals surface area contributed by atoms with Gasteiger partial charge < -0.3 is 4.42 Å². The molecule has 0 unspecified atom stereocenters. The molecule has 3 aromatic rings. The van der Waals surface area contributed by atoms with Gasteiger partial charge in [0.15, 0.2) is 0 Å². The van der Waals surface area contributed by atoms with Crippen LogP contribution in [0.5, 0.6) is 0 Å². The van der Waals surface area contributed by atoms with Crippen molar-refractivity contribution in [1.82, 2.24) is 0 Å². The van der Waals surface area contributed by atoms with Crippen LogP contribution >= 0.6 is 15.9 Å². The highest BCUT2D eigenvalue weighted by Gasteiger charge is 2.16. The first-order valence-corrected chi connectivity index (χ1v) is 7.81. The molecule has 2 aromatic carbocycles. The summed E-state index contributed by atoms with van der Waals surface area (Å²) in [4.78, 5) is 10.6. The highest BCUT2D eigenvalue weighted by atomic mass is 79.9. The van der Waals surface area contributed by atoms with Gasteiger partial charge in [-0.05, 0) is 42.5 Å². The predicted octanol–water partition coefficient (Wildman–Crippen LogP) is 5.06. The molecule has 1 N–H and O–H groups in total. The zero-order chi connectivity index (χ0) is 16.9. The Bertz CT molecular complexity index is 888. The minimum absolute atomic E-state index is 0.00308. The molecule has 0 aliphatic heterocycles. The number of hydrogen-bond acceptors (Lipinski definition) is 5. The van der Waals surface area contributed by atoms with Gasteiger partial charge in [0, 0.05) is 10.5 Å². The molecule has 3 rings (SSSR count). The van der Waals surface area contributed by atoms with Crippen molar-refractivity contribution in [3.05, 3.63) is 81.0 Å². The van der Waals surface area contributed by atoms with E-state index in [0.29, 0.717) is 17.1 Å². The number of nitrogens with one attached hydrogen (secondary N) is 1. The fraction of sp³-hybridized carbons (Fsp3) is 0. The minimum atomic E-state index is -0.430. The van der Waals surface area contributed by atoms with E-state index in [-0.39, 0.29) is 5.69 Å². The molecule has 7 heteroatoms. The van der Waals surface area contributed by atoms with Crippen molar-refractivity contribution in [2.24, 2.45) is 5.10 Å². The third-order valence-electron chi connectivity index (χ3n) is 3.22. The number of halogens is 1. The summed E-state index contributed by atoms with van der Waals surface area (Å²) in [6, 6.07) is 17.4. The Hall–Kier alpha value is -2.93. The van der Waals surface area contributed by atoms with Crippen molar-refractivity contribution < 1.29 is 9.34 Å². The van der Waals surface area contributed by atoms with E-state index in [1.165, 1.54) is 12.3 Å². The minimum Gasteiger partial charge on any atom is -0.455 e. The Labute approximate surface area is 146 Å². The molecule has 0 aliphatic rings. The SMILES string of the molecule is O=[N+]([O-])c1ccccc1-c1ccc(/C=N/Nc2ccc(Br)cc2)o1. The van der Waals surface area contributed by atoms with Gasteiger partial charge in [0.05, 0.1) is 22.4 Å². The van der Waals surface area contributed by atoms with Gasteiger partial charge in [0.1, 0.15) is 11.5 Å². The smallest absolute Gasteiger partial charge is 0.280 e. The maximum atomic E-state index is 11.1. The number of nitro groups is 1. The Kier molecular flexibility index (Phi) is 4.72. The number of hydrogen-bond donors (Lipinski definition) is 1. The summed E-state index contributed by atoms with van der Waals surface area (Å²) in [5.74, 6) is 0.917. The molecule has 0 spiro atoms. The molecule has 24 heavy (non-hydrogen) atoms. The summed E-state index contributed by atoms with van der Waals surface area (Å²) in [6.07, 6.45) is 1.51. The van der Waals surface area contributed by atoms with E-state index >= 15 is 0 Å². The summed E-state index contributed by atoms with van der Waals surface area (Å²) in [5, 5.41) is 15.2. The molecule has 0 fully saturated rings. The van der Waals surface area contributed by atoms with E-state index < -0.39 is 4.92 Å². The normalized spacial score (nSPS) is 10.9. The van der Waals surface area contributed by atoms with Crippen LogP contribution in [0.1, 0.15) is 5.76 Å². The van der Waals surface area contributed by atoms with E-state index in [1.807, 2.05) is 24.3 Å². The van der Waals surface area contributed by atoms with Crippen molar-refractivity contribution >= 4 is 33.5 Å². The number of nitro benzene ring substituents is 1. The Morgan fingerprint density at radius 1 is 1.08 bits per heavy atom. The van der Waals surface area contributed by atoms with Crippen LogP contribution in [0.3, 0.4) is 0 Å². The van der Waals surface area contributed by atoms with Crippen LogP contribution in [0.4, 0.5) is 11.4 Å². The number of hydrazone groups is 1. The third-order valence-corrected chi connectivity index (χ3v) is 3.75. The van der Waals surface area contributed by atoms with Crippen molar-refractivity contribution in [2.45, 2.75) is 0 Å². The molecule has 0 amide bonds. The number of nitrogens with zero attached hydrogens (tertiary/aromatic N) is 2. The lowest BCUT2D eigenvalue weighted by atomic mass is 10.1. The van der Waals surface area contributed by atoms with Gasteiger partial charge in [-0.3, -0.25) is 15.5 Å². The largest absolute Gasteiger partial charge is 0.455 e. The molecule has 0 bridgehead atoms. The maximum Gasteiger partial charge on any atom is 0.280 e. The van der Waals surface area contributed by atoms with Crippen molar-refractivity contribution in [3.8, 4) is 11.3 Å². The quantitative estimate of drug-likeness (QED) is 0.377. The number of rotatable bonds is 5. The lowest BCUT2D eigenvalue weighted by Crippen LogP contribution is -1.90. The molecule has 0 radical (unpaired) electrons. The van der Waals surface area contributed by atoms with Gasteiger partial charge in [0.2, 0.25) is 0 Å². The molecular formula is C17H12BrN3O3. The topological polar surface area (TPSA) is 80.7 Å². The first-order valence-electron chi connectivity index (χ1n) is 7.02. The third kappa shape index (κ3) is 3.69. The molecule has 1 heterocycles. The Balaban J connectivity index is 1.75. The Morgan fingerprint density at radius 2 is 1.83 bits per heavy atom. The van der Waals surface area contributed by atoms with E-state index in [0.717, 1.165) is 10.2 Å². The van der Waals surface area contributed by atoms with Gasteiger partial charge in [-0.2, -0.15) is 5.10 Å². The van der Waals surface area contributed by atoms with Crippen molar-refractivity contribution in [2.75, 3.05) is 5.43 Å². The summed E-state index contributed by atoms with van der Waals surface area (Å²) < 4.78 is 6.60. The van der Waals surface area contributed by atoms with E-state index in [2.05, 4.69) is 26.5 Å². The van der Waals surface area contributed by atoms with E-state index in [4.69, 9.17) is 4.42 Å². The fourth-order valence-corrected chi connectivity index (χ4v) is 2.37. The summed E-state index contributed by atoms with van der Waals surface area (Å²) >= 11 is 3.36. The Morgan fingerprint density at radius 3 is 2.58 bits per heavy atom. The lowest BCUT2D eigenvalue weighted by Gasteiger charge is -1.99. The lowest BCUT2D eigenvalue weighted by molar-refractivity contribution is -0.384. The molecule has 0 saturated heterocycles. The van der Waals surface area contributed by atoms with Crippen LogP contribution in [-0.4, -0.2) is 11.1 Å². The molecule has 1 aromatic heterocycles. The zero-order valence-corrected chi connectivity index (χ0v) is 13.9. The highest BCUT2D eigenvalue weighted by molar-refractivity contribution is 9.10. The standard InChI is InChI=1S/C17H12BrN3O3/c18-12-5-7-13(8-6-12)20-19-11-14-9-10-17(24-14)15-3-1-2-4-16(15)21(22)23/h1-11,20H/b19-11+. The molecule has 120 valence electrons. The van der Waals surface area contributed by atoms with Crippen LogP contribution < -0.4 is 5.43 Å². The summed E-state index contributed by atoms with van der Waals surface area (Å²) in [5.41, 5.74) is 4.15. The predicted molar refractivity (Wildman–Crippen MR) is 96.2 cm³/mol. The van der Waals surface area contributed by atoms with Gasteiger partial charge in [-0.1, -0.05) is 28.1 Å². The molecule has 6 nitrogen and oxygen atoms in total. The maximum absolute atomic E-state index is 11.1. The van der Waals surface area contributed by atoms with E-state index in [9.17, 15) is 10.1 Å². The van der Waals surface area contributed by atoms with Gasteiger partial charge in [-0.15, -0.1) is 0 Å². The van der Waals surface area contributed by atoms with Gasteiger partial charge >= 0.3 is 0 Å². The van der Waals surface area contributed by atoms with Gasteiger partial charge in [-0.25, -0.2) is 0 Å². The van der Waals surface area contributed by atoms with Crippen molar-refractivity contribution in [1.29, 1.82) is 0 Å². The molecule has 0 saturated carbocycles. The number of para-hydroxylation sites is 1.